The Morgan fingerprint density at radius 1 is 1.70 bits per heavy atom. The molecule has 0 aliphatic rings. The Hall–Kier alpha value is 0.140. The van der Waals surface area contributed by atoms with E-state index < -0.39 is 5.38 Å². The van der Waals surface area contributed by atoms with E-state index in [1.165, 1.54) is 11.3 Å². The van der Waals surface area contributed by atoms with E-state index in [-0.39, 0.29) is 0 Å². The van der Waals surface area contributed by atoms with Crippen LogP contribution in [0, 0.1) is 0 Å². The highest BCUT2D eigenvalue weighted by atomic mass is 79.9. The molecule has 1 rings (SSSR count). The van der Waals surface area contributed by atoms with E-state index in [2.05, 4.69) is 15.9 Å². The van der Waals surface area contributed by atoms with Gasteiger partial charge in [0.1, 0.15) is 11.7 Å². The van der Waals surface area contributed by atoms with E-state index in [9.17, 15) is 4.79 Å². The predicted molar refractivity (Wildman–Crippen MR) is 46.7 cm³/mol. The summed E-state index contributed by atoms with van der Waals surface area (Å²) in [4.78, 5) is 11.1. The van der Waals surface area contributed by atoms with Crippen molar-refractivity contribution in [2.45, 2.75) is 5.38 Å². The van der Waals surface area contributed by atoms with Crippen LogP contribution in [0.5, 0.6) is 0 Å². The van der Waals surface area contributed by atoms with E-state index in [0.717, 1.165) is 14.9 Å². The minimum absolute atomic E-state index is 0.490. The molecule has 0 fully saturated rings. The van der Waals surface area contributed by atoms with Crippen molar-refractivity contribution in [2.75, 3.05) is 0 Å². The van der Waals surface area contributed by atoms with E-state index in [1.807, 2.05) is 12.1 Å². The van der Waals surface area contributed by atoms with Crippen LogP contribution in [0.25, 0.3) is 0 Å². The molecule has 1 heterocycles. The Kier molecular flexibility index (Phi) is 2.89. The highest BCUT2D eigenvalue weighted by Gasteiger charge is 2.07. The van der Waals surface area contributed by atoms with Gasteiger partial charge in [0.15, 0.2) is 0 Å². The van der Waals surface area contributed by atoms with Crippen LogP contribution >= 0.6 is 38.9 Å². The van der Waals surface area contributed by atoms with E-state index in [1.54, 1.807) is 0 Å². The third kappa shape index (κ3) is 1.81. The lowest BCUT2D eigenvalue weighted by atomic mass is 10.4. The number of alkyl halides is 1. The molecule has 0 saturated heterocycles. The van der Waals surface area contributed by atoms with Gasteiger partial charge in [-0.3, -0.25) is 0 Å². The average Bonchev–Trinajstić information content (AvgIpc) is 2.34. The Morgan fingerprint density at radius 3 is 2.80 bits per heavy atom. The number of thiophene rings is 1. The fraction of sp³-hybridized carbons (Fsp3) is 0.167. The molecule has 0 amide bonds. The van der Waals surface area contributed by atoms with Gasteiger partial charge in [0.05, 0.1) is 3.79 Å². The lowest BCUT2D eigenvalue weighted by molar-refractivity contribution is -0.107. The first-order valence-electron chi connectivity index (χ1n) is 2.58. The summed E-state index contributed by atoms with van der Waals surface area (Å²) in [5.74, 6) is 0. The Balaban J connectivity index is 2.84. The first-order valence-corrected chi connectivity index (χ1v) is 4.63. The highest BCUT2D eigenvalue weighted by molar-refractivity contribution is 9.11. The van der Waals surface area contributed by atoms with Crippen LogP contribution in [0.15, 0.2) is 15.9 Å². The van der Waals surface area contributed by atoms with Crippen LogP contribution in [-0.2, 0) is 4.79 Å². The second-order valence-electron chi connectivity index (χ2n) is 1.68. The Bertz CT molecular complexity index is 235. The largest absolute Gasteiger partial charge is 0.301 e. The van der Waals surface area contributed by atoms with Crippen molar-refractivity contribution in [3.63, 3.8) is 0 Å². The van der Waals surface area contributed by atoms with Crippen molar-refractivity contribution in [1.82, 2.24) is 0 Å². The maximum atomic E-state index is 10.2. The molecule has 10 heavy (non-hydrogen) atoms. The molecule has 0 spiro atoms. The zero-order valence-corrected chi connectivity index (χ0v) is 8.04. The van der Waals surface area contributed by atoms with Gasteiger partial charge in [0.2, 0.25) is 0 Å². The summed E-state index contributed by atoms with van der Waals surface area (Å²) in [6, 6.07) is 3.71. The third-order valence-corrected chi connectivity index (χ3v) is 3.16. The number of halogens is 2. The average molecular weight is 240 g/mol. The van der Waals surface area contributed by atoms with Crippen LogP contribution in [0.3, 0.4) is 0 Å². The molecule has 0 aliphatic heterocycles. The van der Waals surface area contributed by atoms with Crippen molar-refractivity contribution in [1.29, 1.82) is 0 Å². The fourth-order valence-electron chi connectivity index (χ4n) is 0.544. The second kappa shape index (κ2) is 3.51. The van der Waals surface area contributed by atoms with E-state index >= 15 is 0 Å². The van der Waals surface area contributed by atoms with Crippen LogP contribution in [0.4, 0.5) is 0 Å². The van der Waals surface area contributed by atoms with Gasteiger partial charge in [-0.1, -0.05) is 0 Å². The quantitative estimate of drug-likeness (QED) is 0.573. The molecule has 1 aromatic heterocycles. The van der Waals surface area contributed by atoms with Gasteiger partial charge in [-0.05, 0) is 28.1 Å². The molecular weight excluding hydrogens is 235 g/mol. The predicted octanol–water partition coefficient (Wildman–Crippen LogP) is 2.99. The Labute approximate surface area is 76.1 Å². The zero-order chi connectivity index (χ0) is 7.56. The molecule has 0 aliphatic carbocycles. The first-order chi connectivity index (χ1) is 4.74. The molecular formula is C6H4BrClOS. The number of carbonyl (C=O) groups excluding carboxylic acids is 1. The molecule has 0 saturated carbocycles. The molecule has 0 aromatic carbocycles. The molecule has 4 heteroatoms. The molecule has 1 aromatic rings. The van der Waals surface area contributed by atoms with Crippen LogP contribution in [0.2, 0.25) is 0 Å². The van der Waals surface area contributed by atoms with Crippen molar-refractivity contribution >= 4 is 45.2 Å². The maximum absolute atomic E-state index is 10.2. The number of carbonyl (C=O) groups is 1. The molecule has 0 bridgehead atoms. The summed E-state index contributed by atoms with van der Waals surface area (Å²) in [6.07, 6.45) is 0.722. The molecule has 0 N–H and O–H groups in total. The van der Waals surface area contributed by atoms with Gasteiger partial charge in [-0.2, -0.15) is 0 Å². The first kappa shape index (κ1) is 8.24. The van der Waals surface area contributed by atoms with E-state index in [4.69, 9.17) is 11.6 Å². The SMILES string of the molecule is O=CC(Cl)c1ccc(Br)s1. The van der Waals surface area contributed by atoms with E-state index in [0.29, 0.717) is 0 Å². The minimum atomic E-state index is -0.490. The van der Waals surface area contributed by atoms with Crippen LogP contribution in [-0.4, -0.2) is 6.29 Å². The molecule has 54 valence electrons. The third-order valence-electron chi connectivity index (χ3n) is 0.985. The van der Waals surface area contributed by atoms with Crippen molar-refractivity contribution in [3.8, 4) is 0 Å². The highest BCUT2D eigenvalue weighted by Crippen LogP contribution is 2.29. The maximum Gasteiger partial charge on any atom is 0.143 e. The topological polar surface area (TPSA) is 17.1 Å². The normalized spacial score (nSPS) is 13.0. The summed E-state index contributed by atoms with van der Waals surface area (Å²) in [5, 5.41) is -0.490. The number of rotatable bonds is 2. The number of hydrogen-bond donors (Lipinski definition) is 0. The smallest absolute Gasteiger partial charge is 0.143 e. The molecule has 0 radical (unpaired) electrons. The van der Waals surface area contributed by atoms with Gasteiger partial charge in [-0.25, -0.2) is 0 Å². The lowest BCUT2D eigenvalue weighted by Crippen LogP contribution is -1.84. The van der Waals surface area contributed by atoms with Gasteiger partial charge in [-0.15, -0.1) is 22.9 Å². The summed E-state index contributed by atoms with van der Waals surface area (Å²) in [5.41, 5.74) is 0. The standard InChI is InChI=1S/C6H4BrClOS/c7-6-2-1-5(10-6)4(8)3-9/h1-4H. The summed E-state index contributed by atoms with van der Waals surface area (Å²) < 4.78 is 0.995. The number of aldehydes is 1. The summed E-state index contributed by atoms with van der Waals surface area (Å²) >= 11 is 10.4. The zero-order valence-electron chi connectivity index (χ0n) is 4.88. The summed E-state index contributed by atoms with van der Waals surface area (Å²) in [6.45, 7) is 0. The van der Waals surface area contributed by atoms with Crippen LogP contribution in [0.1, 0.15) is 10.3 Å². The van der Waals surface area contributed by atoms with Gasteiger partial charge < -0.3 is 4.79 Å². The van der Waals surface area contributed by atoms with Gasteiger partial charge in [0.25, 0.3) is 0 Å². The van der Waals surface area contributed by atoms with Crippen molar-refractivity contribution in [2.24, 2.45) is 0 Å². The molecule has 1 atom stereocenters. The second-order valence-corrected chi connectivity index (χ2v) is 4.64. The fourth-order valence-corrected chi connectivity index (χ4v) is 2.11. The molecule has 1 unspecified atom stereocenters. The van der Waals surface area contributed by atoms with Crippen molar-refractivity contribution < 1.29 is 4.79 Å². The van der Waals surface area contributed by atoms with Crippen molar-refractivity contribution in [3.05, 3.63) is 20.8 Å². The monoisotopic (exact) mass is 238 g/mol. The minimum Gasteiger partial charge on any atom is -0.301 e. The summed E-state index contributed by atoms with van der Waals surface area (Å²) in [7, 11) is 0. The Morgan fingerprint density at radius 2 is 2.40 bits per heavy atom. The lowest BCUT2D eigenvalue weighted by Gasteiger charge is -1.92. The van der Waals surface area contributed by atoms with Crippen LogP contribution < -0.4 is 0 Å². The van der Waals surface area contributed by atoms with Gasteiger partial charge >= 0.3 is 0 Å². The van der Waals surface area contributed by atoms with Gasteiger partial charge in [0, 0.05) is 4.88 Å². The molecule has 1 nitrogen and oxygen atoms in total. The number of hydrogen-bond acceptors (Lipinski definition) is 2.